The van der Waals surface area contributed by atoms with E-state index in [9.17, 15) is 13.2 Å². The molecule has 0 radical (unpaired) electrons. The van der Waals surface area contributed by atoms with Crippen molar-refractivity contribution in [1.82, 2.24) is 4.98 Å². The van der Waals surface area contributed by atoms with E-state index in [2.05, 4.69) is 10.3 Å². The van der Waals surface area contributed by atoms with Crippen LogP contribution in [0.25, 0.3) is 10.8 Å². The molecule has 0 atom stereocenters. The van der Waals surface area contributed by atoms with Gasteiger partial charge in [0.15, 0.2) is 17.5 Å². The van der Waals surface area contributed by atoms with Gasteiger partial charge in [-0.15, -0.1) is 0 Å². The molecule has 5 heteroatoms. The predicted molar refractivity (Wildman–Crippen MR) is 55.8 cm³/mol. The van der Waals surface area contributed by atoms with Crippen LogP contribution in [0.2, 0.25) is 0 Å². The molecule has 1 aromatic heterocycles. The first-order chi connectivity index (χ1) is 7.65. The number of halogens is 3. The van der Waals surface area contributed by atoms with Crippen molar-refractivity contribution in [3.8, 4) is 0 Å². The Morgan fingerprint density at radius 3 is 2.69 bits per heavy atom. The minimum Gasteiger partial charge on any atom is -0.370 e. The maximum absolute atomic E-state index is 13.5. The van der Waals surface area contributed by atoms with Crippen molar-refractivity contribution >= 4 is 16.6 Å². The molecular weight excluding hydrogens is 217 g/mol. The zero-order chi connectivity index (χ0) is 11.7. The quantitative estimate of drug-likeness (QED) is 0.796. The standard InChI is InChI=1S/C11H9F3N2/c1-2-15-11-8-6(3-4-16-11)5-7(12)9(13)10(8)14/h3-5H,2H2,1H3,(H,15,16). The Bertz CT molecular complexity index is 540. The highest BCUT2D eigenvalue weighted by atomic mass is 19.2. The topological polar surface area (TPSA) is 24.9 Å². The summed E-state index contributed by atoms with van der Waals surface area (Å²) >= 11 is 0. The van der Waals surface area contributed by atoms with Crippen LogP contribution < -0.4 is 5.32 Å². The molecule has 2 nitrogen and oxygen atoms in total. The molecule has 0 aliphatic heterocycles. The molecule has 0 amide bonds. The summed E-state index contributed by atoms with van der Waals surface area (Å²) < 4.78 is 39.6. The van der Waals surface area contributed by atoms with Crippen LogP contribution in [0.1, 0.15) is 6.92 Å². The third-order valence-corrected chi connectivity index (χ3v) is 2.23. The Morgan fingerprint density at radius 2 is 2.00 bits per heavy atom. The highest BCUT2D eigenvalue weighted by Gasteiger charge is 2.16. The zero-order valence-electron chi connectivity index (χ0n) is 8.52. The number of nitrogens with one attached hydrogen (secondary N) is 1. The summed E-state index contributed by atoms with van der Waals surface area (Å²) in [7, 11) is 0. The van der Waals surface area contributed by atoms with Gasteiger partial charge in [0.25, 0.3) is 0 Å². The van der Waals surface area contributed by atoms with E-state index >= 15 is 0 Å². The van der Waals surface area contributed by atoms with Crippen molar-refractivity contribution in [1.29, 1.82) is 0 Å². The molecule has 0 aliphatic carbocycles. The first-order valence-corrected chi connectivity index (χ1v) is 4.81. The van der Waals surface area contributed by atoms with Crippen molar-refractivity contribution in [2.75, 3.05) is 11.9 Å². The number of anilines is 1. The summed E-state index contributed by atoms with van der Waals surface area (Å²) in [6, 6.07) is 2.39. The number of nitrogens with zero attached hydrogens (tertiary/aromatic N) is 1. The van der Waals surface area contributed by atoms with Gasteiger partial charge < -0.3 is 5.32 Å². The molecule has 0 spiro atoms. The molecule has 2 aromatic rings. The summed E-state index contributed by atoms with van der Waals surface area (Å²) in [5.41, 5.74) is 0. The first kappa shape index (κ1) is 10.7. The Labute approximate surface area is 90.1 Å². The highest BCUT2D eigenvalue weighted by molar-refractivity contribution is 5.92. The van der Waals surface area contributed by atoms with Crippen molar-refractivity contribution in [2.45, 2.75) is 6.92 Å². The molecule has 1 N–H and O–H groups in total. The van der Waals surface area contributed by atoms with E-state index in [-0.39, 0.29) is 16.6 Å². The van der Waals surface area contributed by atoms with Gasteiger partial charge in [0, 0.05) is 12.7 Å². The maximum atomic E-state index is 13.5. The molecule has 0 fully saturated rings. The lowest BCUT2D eigenvalue weighted by molar-refractivity contribution is 0.453. The molecule has 0 saturated heterocycles. The second-order valence-electron chi connectivity index (χ2n) is 3.27. The third-order valence-electron chi connectivity index (χ3n) is 2.23. The van der Waals surface area contributed by atoms with Crippen LogP contribution >= 0.6 is 0 Å². The van der Waals surface area contributed by atoms with Crippen molar-refractivity contribution in [3.05, 3.63) is 35.8 Å². The van der Waals surface area contributed by atoms with Gasteiger partial charge in [0.1, 0.15) is 5.82 Å². The minimum absolute atomic E-state index is 0.0248. The van der Waals surface area contributed by atoms with Crippen LogP contribution in [-0.4, -0.2) is 11.5 Å². The smallest absolute Gasteiger partial charge is 0.195 e. The molecule has 0 unspecified atom stereocenters. The monoisotopic (exact) mass is 226 g/mol. The highest BCUT2D eigenvalue weighted by Crippen LogP contribution is 2.27. The van der Waals surface area contributed by atoms with Crippen molar-refractivity contribution in [3.63, 3.8) is 0 Å². The molecule has 0 saturated carbocycles. The van der Waals surface area contributed by atoms with E-state index in [1.807, 2.05) is 0 Å². The second kappa shape index (κ2) is 4.00. The molecule has 1 heterocycles. The first-order valence-electron chi connectivity index (χ1n) is 4.81. The van der Waals surface area contributed by atoms with Gasteiger partial charge in [-0.3, -0.25) is 0 Å². The lowest BCUT2D eigenvalue weighted by atomic mass is 10.1. The SMILES string of the molecule is CCNc1nccc2cc(F)c(F)c(F)c12. The Balaban J connectivity index is 2.80. The van der Waals surface area contributed by atoms with Crippen LogP contribution in [0, 0.1) is 17.5 Å². The van der Waals surface area contributed by atoms with E-state index < -0.39 is 17.5 Å². The molecular formula is C11H9F3N2. The van der Waals surface area contributed by atoms with Crippen LogP contribution in [0.4, 0.5) is 19.0 Å². The molecule has 84 valence electrons. The van der Waals surface area contributed by atoms with Gasteiger partial charge in [0.2, 0.25) is 0 Å². The van der Waals surface area contributed by atoms with Crippen LogP contribution in [0.5, 0.6) is 0 Å². The predicted octanol–water partition coefficient (Wildman–Crippen LogP) is 3.08. The van der Waals surface area contributed by atoms with Gasteiger partial charge in [-0.05, 0) is 24.4 Å². The van der Waals surface area contributed by atoms with E-state index in [4.69, 9.17) is 0 Å². The van der Waals surface area contributed by atoms with Gasteiger partial charge in [-0.1, -0.05) is 0 Å². The van der Waals surface area contributed by atoms with E-state index in [0.29, 0.717) is 6.54 Å². The van der Waals surface area contributed by atoms with Gasteiger partial charge >= 0.3 is 0 Å². The molecule has 2 rings (SSSR count). The summed E-state index contributed by atoms with van der Waals surface area (Å²) in [6.07, 6.45) is 1.41. The van der Waals surface area contributed by atoms with Gasteiger partial charge in [-0.2, -0.15) is 0 Å². The Morgan fingerprint density at radius 1 is 1.25 bits per heavy atom. The van der Waals surface area contributed by atoms with Crippen LogP contribution in [0.3, 0.4) is 0 Å². The Kier molecular flexibility index (Phi) is 2.68. The zero-order valence-corrected chi connectivity index (χ0v) is 8.52. The molecule has 16 heavy (non-hydrogen) atoms. The lowest BCUT2D eigenvalue weighted by Gasteiger charge is -2.08. The van der Waals surface area contributed by atoms with Gasteiger partial charge in [0.05, 0.1) is 5.39 Å². The average Bonchev–Trinajstić information content (AvgIpc) is 2.26. The minimum atomic E-state index is -1.47. The number of benzene rings is 1. The van der Waals surface area contributed by atoms with E-state index in [0.717, 1.165) is 6.07 Å². The number of pyridine rings is 1. The van der Waals surface area contributed by atoms with Crippen LogP contribution in [0.15, 0.2) is 18.3 Å². The largest absolute Gasteiger partial charge is 0.370 e. The normalized spacial score (nSPS) is 10.8. The molecule has 0 bridgehead atoms. The van der Waals surface area contributed by atoms with Gasteiger partial charge in [-0.25, -0.2) is 18.2 Å². The van der Waals surface area contributed by atoms with Crippen molar-refractivity contribution in [2.24, 2.45) is 0 Å². The fourth-order valence-electron chi connectivity index (χ4n) is 1.54. The average molecular weight is 226 g/mol. The number of hydrogen-bond donors (Lipinski definition) is 1. The Hall–Kier alpha value is -1.78. The maximum Gasteiger partial charge on any atom is 0.195 e. The summed E-state index contributed by atoms with van der Waals surface area (Å²) in [4.78, 5) is 3.89. The summed E-state index contributed by atoms with van der Waals surface area (Å²) in [5, 5.41) is 3.05. The number of hydrogen-bond acceptors (Lipinski definition) is 2. The lowest BCUT2D eigenvalue weighted by Crippen LogP contribution is -2.02. The van der Waals surface area contributed by atoms with Crippen molar-refractivity contribution < 1.29 is 13.2 Å². The summed E-state index contributed by atoms with van der Waals surface area (Å²) in [6.45, 7) is 2.32. The second-order valence-corrected chi connectivity index (χ2v) is 3.27. The van der Waals surface area contributed by atoms with Crippen LogP contribution in [-0.2, 0) is 0 Å². The number of rotatable bonds is 2. The van der Waals surface area contributed by atoms with E-state index in [1.54, 1.807) is 6.92 Å². The fourth-order valence-corrected chi connectivity index (χ4v) is 1.54. The third kappa shape index (κ3) is 1.58. The number of fused-ring (bicyclic) bond motifs is 1. The van der Waals surface area contributed by atoms with E-state index in [1.165, 1.54) is 12.3 Å². The fraction of sp³-hybridized carbons (Fsp3) is 0.182. The molecule has 1 aromatic carbocycles. The number of aromatic nitrogens is 1. The molecule has 0 aliphatic rings. The summed E-state index contributed by atoms with van der Waals surface area (Å²) in [5.74, 6) is -3.66.